The molecule has 0 unspecified atom stereocenters. The van der Waals surface area contributed by atoms with Crippen LogP contribution in [0.1, 0.15) is 26.7 Å². The van der Waals surface area contributed by atoms with Crippen molar-refractivity contribution in [2.24, 2.45) is 5.73 Å². The lowest BCUT2D eigenvalue weighted by atomic mass is 10.1. The van der Waals surface area contributed by atoms with Gasteiger partial charge >= 0.3 is 11.9 Å². The van der Waals surface area contributed by atoms with Gasteiger partial charge in [0.25, 0.3) is 0 Å². The van der Waals surface area contributed by atoms with E-state index in [1.54, 1.807) is 6.92 Å². The van der Waals surface area contributed by atoms with Gasteiger partial charge in [0.2, 0.25) is 5.91 Å². The average molecular weight is 320 g/mol. The molecule has 0 aromatic rings. The largest absolute Gasteiger partial charge is 0.480 e. The number of nitrogens with one attached hydrogen (secondary N) is 1. The van der Waals surface area contributed by atoms with Crippen molar-refractivity contribution in [1.29, 1.82) is 0 Å². The zero-order chi connectivity index (χ0) is 16.4. The van der Waals surface area contributed by atoms with Crippen LogP contribution in [0.5, 0.6) is 0 Å². The fourth-order valence-electron chi connectivity index (χ4n) is 1.29. The fraction of sp³-hybridized carbons (Fsp3) is 0.667. The summed E-state index contributed by atoms with van der Waals surface area (Å²) < 4.78 is 4.80. The van der Waals surface area contributed by atoms with Gasteiger partial charge in [-0.25, -0.2) is 4.79 Å². The molecule has 0 saturated heterocycles. The molecule has 0 saturated carbocycles. The minimum Gasteiger partial charge on any atom is -0.480 e. The second-order valence-electron chi connectivity index (χ2n) is 4.16. The molecule has 8 nitrogen and oxygen atoms in total. The van der Waals surface area contributed by atoms with E-state index >= 15 is 0 Å². The van der Waals surface area contributed by atoms with Crippen LogP contribution in [0, 0.1) is 0 Å². The molecule has 120 valence electrons. The van der Waals surface area contributed by atoms with E-state index in [0.717, 1.165) is 11.8 Å². The van der Waals surface area contributed by atoms with E-state index in [0.29, 0.717) is 0 Å². The van der Waals surface area contributed by atoms with Gasteiger partial charge in [0.15, 0.2) is 5.12 Å². The third-order valence-corrected chi connectivity index (χ3v) is 3.27. The number of thioether (sulfide) groups is 1. The molecule has 0 radical (unpaired) electrons. The molecule has 0 bridgehead atoms. The molecule has 1 amide bonds. The fourth-order valence-corrected chi connectivity index (χ4v) is 1.91. The Morgan fingerprint density at radius 2 is 1.95 bits per heavy atom. The van der Waals surface area contributed by atoms with Gasteiger partial charge in [0, 0.05) is 19.1 Å². The van der Waals surface area contributed by atoms with E-state index in [9.17, 15) is 19.2 Å². The molecule has 0 aliphatic rings. The topological polar surface area (TPSA) is 136 Å². The number of ether oxygens (including phenoxy) is 1. The van der Waals surface area contributed by atoms with Crippen LogP contribution >= 0.6 is 11.8 Å². The van der Waals surface area contributed by atoms with E-state index in [-0.39, 0.29) is 30.3 Å². The predicted molar refractivity (Wildman–Crippen MR) is 76.5 cm³/mol. The summed E-state index contributed by atoms with van der Waals surface area (Å²) in [5, 5.41) is 10.8. The van der Waals surface area contributed by atoms with Crippen LogP contribution in [0.25, 0.3) is 0 Å². The van der Waals surface area contributed by atoms with Crippen LogP contribution in [0.4, 0.5) is 0 Å². The van der Waals surface area contributed by atoms with Crippen LogP contribution in [-0.2, 0) is 23.9 Å². The van der Waals surface area contributed by atoms with Crippen LogP contribution in [0.15, 0.2) is 0 Å². The summed E-state index contributed by atoms with van der Waals surface area (Å²) in [6.45, 7) is 3.13. The van der Waals surface area contributed by atoms with Gasteiger partial charge in [-0.2, -0.15) is 0 Å². The summed E-state index contributed by atoms with van der Waals surface area (Å²) in [4.78, 5) is 44.8. The first-order chi connectivity index (χ1) is 9.77. The van der Waals surface area contributed by atoms with E-state index in [1.807, 2.05) is 0 Å². The number of aliphatic carboxylic acids is 1. The van der Waals surface area contributed by atoms with Gasteiger partial charge in [0.05, 0.1) is 6.61 Å². The average Bonchev–Trinajstić information content (AvgIpc) is 2.40. The van der Waals surface area contributed by atoms with Gasteiger partial charge in [0.1, 0.15) is 12.1 Å². The lowest BCUT2D eigenvalue weighted by Gasteiger charge is -2.16. The maximum atomic E-state index is 11.7. The number of hydrogen-bond donors (Lipinski definition) is 3. The highest BCUT2D eigenvalue weighted by Gasteiger charge is 2.23. The molecule has 0 aromatic heterocycles. The highest BCUT2D eigenvalue weighted by atomic mass is 32.2. The van der Waals surface area contributed by atoms with Gasteiger partial charge in [-0.15, -0.1) is 0 Å². The Morgan fingerprint density at radius 3 is 2.43 bits per heavy atom. The van der Waals surface area contributed by atoms with Crippen molar-refractivity contribution < 1.29 is 29.0 Å². The van der Waals surface area contributed by atoms with Crippen molar-refractivity contribution in [3.05, 3.63) is 0 Å². The Hall–Kier alpha value is -1.61. The first-order valence-corrected chi connectivity index (χ1v) is 7.34. The number of carboxylic acids is 1. The molecular formula is C12H20N2O6S. The third-order valence-electron chi connectivity index (χ3n) is 2.36. The molecule has 0 aliphatic heterocycles. The Kier molecular flexibility index (Phi) is 9.39. The lowest BCUT2D eigenvalue weighted by Crippen LogP contribution is -2.44. The Morgan fingerprint density at radius 1 is 1.33 bits per heavy atom. The molecule has 0 fully saturated rings. The zero-order valence-electron chi connectivity index (χ0n) is 12.0. The summed E-state index contributed by atoms with van der Waals surface area (Å²) in [6, 6.07) is -2.09. The Bertz CT molecular complexity index is 401. The molecule has 21 heavy (non-hydrogen) atoms. The van der Waals surface area contributed by atoms with E-state index in [1.165, 1.54) is 6.92 Å². The number of esters is 1. The second kappa shape index (κ2) is 10.2. The summed E-state index contributed by atoms with van der Waals surface area (Å²) in [7, 11) is 0. The van der Waals surface area contributed by atoms with Crippen molar-refractivity contribution in [3.8, 4) is 0 Å². The van der Waals surface area contributed by atoms with Crippen LogP contribution < -0.4 is 11.1 Å². The normalized spacial score (nSPS) is 13.1. The number of carbonyl (C=O) groups is 4. The standard InChI is InChI=1S/C12H20N2O6S/c1-3-20-12(19)9(6-21-7(2)15)14-10(16)5-4-8(13)11(17)18/h8-9H,3-6,13H2,1-2H3,(H,14,16)(H,17,18)/t8-,9-/m0/s1. The monoisotopic (exact) mass is 320 g/mol. The quantitative estimate of drug-likeness (QED) is 0.484. The molecule has 2 atom stereocenters. The summed E-state index contributed by atoms with van der Waals surface area (Å²) in [6.07, 6.45) is -0.176. The molecule has 0 aromatic carbocycles. The molecule has 0 rings (SSSR count). The van der Waals surface area contributed by atoms with Crippen LogP contribution in [0.3, 0.4) is 0 Å². The maximum absolute atomic E-state index is 11.7. The third kappa shape index (κ3) is 9.03. The van der Waals surface area contributed by atoms with Crippen molar-refractivity contribution in [3.63, 3.8) is 0 Å². The zero-order valence-corrected chi connectivity index (χ0v) is 12.8. The van der Waals surface area contributed by atoms with Gasteiger partial charge in [-0.05, 0) is 13.3 Å². The number of nitrogens with two attached hydrogens (primary N) is 1. The van der Waals surface area contributed by atoms with E-state index < -0.39 is 29.9 Å². The summed E-state index contributed by atoms with van der Waals surface area (Å²) in [5.74, 6) is -2.29. The van der Waals surface area contributed by atoms with Gasteiger partial charge in [-0.3, -0.25) is 14.4 Å². The maximum Gasteiger partial charge on any atom is 0.329 e. The Balaban J connectivity index is 4.43. The molecule has 9 heteroatoms. The van der Waals surface area contributed by atoms with E-state index in [2.05, 4.69) is 5.32 Å². The van der Waals surface area contributed by atoms with Crippen LogP contribution in [-0.4, -0.2) is 52.5 Å². The Labute approximate surface area is 126 Å². The molecule has 4 N–H and O–H groups in total. The number of carboxylic acid groups (broad SMARTS) is 1. The number of carbonyl (C=O) groups excluding carboxylic acids is 3. The second-order valence-corrected chi connectivity index (χ2v) is 5.36. The van der Waals surface area contributed by atoms with Crippen molar-refractivity contribution in [2.75, 3.05) is 12.4 Å². The molecule has 0 heterocycles. The molecular weight excluding hydrogens is 300 g/mol. The van der Waals surface area contributed by atoms with Crippen molar-refractivity contribution >= 4 is 34.7 Å². The predicted octanol–water partition coefficient (Wildman–Crippen LogP) is -0.494. The van der Waals surface area contributed by atoms with E-state index in [4.69, 9.17) is 15.6 Å². The SMILES string of the molecule is CCOC(=O)[C@H](CSC(C)=O)NC(=O)CC[C@H](N)C(=O)O. The molecule has 0 spiro atoms. The van der Waals surface area contributed by atoms with Gasteiger partial charge in [-0.1, -0.05) is 11.8 Å². The summed E-state index contributed by atoms with van der Waals surface area (Å²) in [5.41, 5.74) is 5.28. The molecule has 0 aliphatic carbocycles. The van der Waals surface area contributed by atoms with Crippen molar-refractivity contribution in [1.82, 2.24) is 5.32 Å². The summed E-state index contributed by atoms with van der Waals surface area (Å²) >= 11 is 0.892. The highest BCUT2D eigenvalue weighted by Crippen LogP contribution is 2.06. The first kappa shape index (κ1) is 19.4. The van der Waals surface area contributed by atoms with Crippen molar-refractivity contribution in [2.45, 2.75) is 38.8 Å². The minimum atomic E-state index is -1.20. The number of rotatable bonds is 9. The number of hydrogen-bond acceptors (Lipinski definition) is 7. The minimum absolute atomic E-state index is 0.0451. The van der Waals surface area contributed by atoms with Gasteiger partial charge < -0.3 is 20.9 Å². The smallest absolute Gasteiger partial charge is 0.329 e. The lowest BCUT2D eigenvalue weighted by molar-refractivity contribution is -0.147. The van der Waals surface area contributed by atoms with Crippen LogP contribution in [0.2, 0.25) is 0 Å². The first-order valence-electron chi connectivity index (χ1n) is 6.35. The number of amides is 1. The highest BCUT2D eigenvalue weighted by molar-refractivity contribution is 8.13.